The quantitative estimate of drug-likeness (QED) is 0.856. The van der Waals surface area contributed by atoms with Gasteiger partial charge in [0.25, 0.3) is 0 Å². The summed E-state index contributed by atoms with van der Waals surface area (Å²) in [4.78, 5) is 25.4. The van der Waals surface area contributed by atoms with Crippen LogP contribution in [0, 0.1) is 13.8 Å². The van der Waals surface area contributed by atoms with Crippen molar-refractivity contribution in [2.24, 2.45) is 0 Å². The number of carbonyl (C=O) groups is 2. The maximum Gasteiger partial charge on any atom is 0.324 e. The highest BCUT2D eigenvalue weighted by molar-refractivity contribution is 8.00. The lowest BCUT2D eigenvalue weighted by atomic mass is 10.2. The molecule has 126 valence electrons. The Labute approximate surface area is 144 Å². The number of amides is 3. The Hall–Kier alpha value is -2.35. The molecule has 1 saturated heterocycles. The van der Waals surface area contributed by atoms with Crippen LogP contribution >= 0.6 is 11.8 Å². The molecule has 8 heteroatoms. The van der Waals surface area contributed by atoms with Crippen LogP contribution in [0.25, 0.3) is 5.69 Å². The van der Waals surface area contributed by atoms with Gasteiger partial charge in [-0.05, 0) is 32.4 Å². The van der Waals surface area contributed by atoms with Gasteiger partial charge in [0, 0.05) is 13.1 Å². The molecule has 1 aromatic heterocycles. The number of hydrogen-bond acceptors (Lipinski definition) is 5. The predicted octanol–water partition coefficient (Wildman–Crippen LogP) is 1.92. The van der Waals surface area contributed by atoms with E-state index in [1.165, 1.54) is 16.7 Å². The third kappa shape index (κ3) is 3.01. The number of imide groups is 1. The summed E-state index contributed by atoms with van der Waals surface area (Å²) in [6.45, 7) is 6.59. The van der Waals surface area contributed by atoms with Crippen molar-refractivity contribution in [2.75, 3.05) is 13.1 Å². The molecular formula is C16H19N5O2S. The summed E-state index contributed by atoms with van der Waals surface area (Å²) in [5.74, 6) is 0.539. The molecule has 0 radical (unpaired) electrons. The highest BCUT2D eigenvalue weighted by Crippen LogP contribution is 2.28. The summed E-state index contributed by atoms with van der Waals surface area (Å²) in [6.07, 6.45) is 0. The van der Waals surface area contributed by atoms with E-state index < -0.39 is 5.25 Å². The van der Waals surface area contributed by atoms with Gasteiger partial charge >= 0.3 is 6.03 Å². The van der Waals surface area contributed by atoms with Crippen LogP contribution in [-0.4, -0.2) is 49.9 Å². The second-order valence-electron chi connectivity index (χ2n) is 5.63. The highest BCUT2D eigenvalue weighted by Gasteiger charge is 2.31. The van der Waals surface area contributed by atoms with Crippen LogP contribution in [-0.2, 0) is 4.79 Å². The molecule has 0 bridgehead atoms. The molecule has 2 heterocycles. The van der Waals surface area contributed by atoms with Gasteiger partial charge in [0.1, 0.15) is 5.82 Å². The summed E-state index contributed by atoms with van der Waals surface area (Å²) in [5.41, 5.74) is 2.08. The number of para-hydroxylation sites is 1. The number of urea groups is 1. The van der Waals surface area contributed by atoms with Gasteiger partial charge in [-0.15, -0.1) is 10.2 Å². The molecule has 0 aliphatic carbocycles. The molecule has 1 aliphatic heterocycles. The number of rotatable bonds is 4. The van der Waals surface area contributed by atoms with Gasteiger partial charge in [-0.3, -0.25) is 14.3 Å². The van der Waals surface area contributed by atoms with Crippen molar-refractivity contribution in [1.29, 1.82) is 0 Å². The molecule has 1 aliphatic rings. The Morgan fingerprint density at radius 3 is 2.71 bits per heavy atom. The molecular weight excluding hydrogens is 326 g/mol. The van der Waals surface area contributed by atoms with Crippen molar-refractivity contribution in [3.8, 4) is 5.69 Å². The fourth-order valence-corrected chi connectivity index (χ4v) is 3.59. The molecule has 1 N–H and O–H groups in total. The highest BCUT2D eigenvalue weighted by atomic mass is 32.2. The minimum atomic E-state index is -0.430. The van der Waals surface area contributed by atoms with Gasteiger partial charge < -0.3 is 5.32 Å². The molecule has 24 heavy (non-hydrogen) atoms. The Kier molecular flexibility index (Phi) is 4.57. The van der Waals surface area contributed by atoms with Crippen molar-refractivity contribution in [1.82, 2.24) is 25.0 Å². The first kappa shape index (κ1) is 16.5. The van der Waals surface area contributed by atoms with Crippen molar-refractivity contribution in [3.05, 3.63) is 35.7 Å². The second-order valence-corrected chi connectivity index (χ2v) is 6.94. The van der Waals surface area contributed by atoms with Crippen LogP contribution < -0.4 is 5.32 Å². The summed E-state index contributed by atoms with van der Waals surface area (Å²) in [5, 5.41) is 11.2. The minimum Gasteiger partial charge on any atom is -0.336 e. The van der Waals surface area contributed by atoms with Crippen LogP contribution in [0.4, 0.5) is 4.79 Å². The van der Waals surface area contributed by atoms with E-state index in [-0.39, 0.29) is 11.9 Å². The lowest BCUT2D eigenvalue weighted by Gasteiger charge is -2.18. The lowest BCUT2D eigenvalue weighted by Crippen LogP contribution is -2.39. The van der Waals surface area contributed by atoms with E-state index in [0.29, 0.717) is 18.2 Å². The van der Waals surface area contributed by atoms with E-state index in [2.05, 4.69) is 15.5 Å². The minimum absolute atomic E-state index is 0.216. The number of benzene rings is 1. The SMILES string of the molecule is Cc1ccccc1-n1c(C)nnc1SC(C)C(=O)N1CCNC1=O. The largest absolute Gasteiger partial charge is 0.336 e. The van der Waals surface area contributed by atoms with E-state index >= 15 is 0 Å². The topological polar surface area (TPSA) is 80.1 Å². The van der Waals surface area contributed by atoms with Gasteiger partial charge in [0.2, 0.25) is 5.91 Å². The van der Waals surface area contributed by atoms with E-state index in [4.69, 9.17) is 0 Å². The average molecular weight is 345 g/mol. The van der Waals surface area contributed by atoms with Gasteiger partial charge in [0.05, 0.1) is 10.9 Å². The second kappa shape index (κ2) is 6.64. The van der Waals surface area contributed by atoms with Crippen LogP contribution in [0.5, 0.6) is 0 Å². The van der Waals surface area contributed by atoms with Crippen LogP contribution in [0.3, 0.4) is 0 Å². The van der Waals surface area contributed by atoms with E-state index in [1.54, 1.807) is 6.92 Å². The molecule has 3 amide bonds. The number of carbonyl (C=O) groups excluding carboxylic acids is 2. The normalized spacial score (nSPS) is 15.5. The maximum absolute atomic E-state index is 12.5. The molecule has 3 rings (SSSR count). The standard InChI is InChI=1S/C16H19N5O2S/c1-10-6-4-5-7-13(10)21-12(3)18-19-16(21)24-11(2)14(22)20-9-8-17-15(20)23/h4-7,11H,8-9H2,1-3H3,(H,17,23). The van der Waals surface area contributed by atoms with Gasteiger partial charge in [-0.2, -0.15) is 0 Å². The van der Waals surface area contributed by atoms with E-state index in [0.717, 1.165) is 17.1 Å². The Morgan fingerprint density at radius 2 is 2.04 bits per heavy atom. The van der Waals surface area contributed by atoms with E-state index in [9.17, 15) is 9.59 Å². The van der Waals surface area contributed by atoms with E-state index in [1.807, 2.05) is 42.7 Å². The maximum atomic E-state index is 12.5. The molecule has 2 aromatic rings. The van der Waals surface area contributed by atoms with Crippen LogP contribution in [0.2, 0.25) is 0 Å². The number of nitrogens with one attached hydrogen (secondary N) is 1. The third-order valence-corrected chi connectivity index (χ3v) is 4.93. The number of nitrogens with zero attached hydrogens (tertiary/aromatic N) is 4. The molecule has 1 fully saturated rings. The first-order valence-corrected chi connectivity index (χ1v) is 8.61. The predicted molar refractivity (Wildman–Crippen MR) is 91.3 cm³/mol. The zero-order chi connectivity index (χ0) is 17.3. The molecule has 1 aromatic carbocycles. The summed E-state index contributed by atoms with van der Waals surface area (Å²) in [6, 6.07) is 7.62. The Bertz CT molecular complexity index is 789. The first-order chi connectivity index (χ1) is 11.5. The summed E-state index contributed by atoms with van der Waals surface area (Å²) in [7, 11) is 0. The Balaban J connectivity index is 1.85. The molecule has 7 nitrogen and oxygen atoms in total. The summed E-state index contributed by atoms with van der Waals surface area (Å²) < 4.78 is 1.94. The number of aromatic nitrogens is 3. The fraction of sp³-hybridized carbons (Fsp3) is 0.375. The fourth-order valence-electron chi connectivity index (χ4n) is 2.62. The van der Waals surface area contributed by atoms with Gasteiger partial charge in [-0.25, -0.2) is 4.79 Å². The lowest BCUT2D eigenvalue weighted by molar-refractivity contribution is -0.126. The van der Waals surface area contributed by atoms with Gasteiger partial charge in [0.15, 0.2) is 5.16 Å². The zero-order valence-corrected chi connectivity index (χ0v) is 14.6. The van der Waals surface area contributed by atoms with Crippen molar-refractivity contribution >= 4 is 23.7 Å². The Morgan fingerprint density at radius 1 is 1.29 bits per heavy atom. The van der Waals surface area contributed by atoms with Crippen LogP contribution in [0.15, 0.2) is 29.4 Å². The third-order valence-electron chi connectivity index (χ3n) is 3.90. The first-order valence-electron chi connectivity index (χ1n) is 7.73. The molecule has 1 atom stereocenters. The number of aryl methyl sites for hydroxylation is 2. The summed E-state index contributed by atoms with van der Waals surface area (Å²) >= 11 is 1.31. The molecule has 1 unspecified atom stereocenters. The molecule has 0 saturated carbocycles. The van der Waals surface area contributed by atoms with Crippen LogP contribution in [0.1, 0.15) is 18.3 Å². The van der Waals surface area contributed by atoms with Crippen molar-refractivity contribution < 1.29 is 9.59 Å². The monoisotopic (exact) mass is 345 g/mol. The number of thioether (sulfide) groups is 1. The molecule has 0 spiro atoms. The van der Waals surface area contributed by atoms with Gasteiger partial charge in [-0.1, -0.05) is 30.0 Å². The van der Waals surface area contributed by atoms with Crippen molar-refractivity contribution in [2.45, 2.75) is 31.2 Å². The van der Waals surface area contributed by atoms with Crippen molar-refractivity contribution in [3.63, 3.8) is 0 Å². The average Bonchev–Trinajstić information content (AvgIpc) is 3.13. The smallest absolute Gasteiger partial charge is 0.324 e. The number of hydrogen-bond donors (Lipinski definition) is 1. The zero-order valence-electron chi connectivity index (χ0n) is 13.8.